The van der Waals surface area contributed by atoms with Gasteiger partial charge in [-0.25, -0.2) is 0 Å². The first-order valence-electron chi connectivity index (χ1n) is 6.17. The fourth-order valence-electron chi connectivity index (χ4n) is 1.60. The molecule has 0 saturated carbocycles. The van der Waals surface area contributed by atoms with Gasteiger partial charge in [-0.3, -0.25) is 4.79 Å². The highest BCUT2D eigenvalue weighted by atomic mass is 32.2. The molecule has 0 aliphatic heterocycles. The van der Waals surface area contributed by atoms with Crippen LogP contribution in [0, 0.1) is 0 Å². The lowest BCUT2D eigenvalue weighted by Crippen LogP contribution is -2.35. The Morgan fingerprint density at radius 3 is 2.47 bits per heavy atom. The second kappa shape index (κ2) is 8.18. The molecule has 1 aromatic carbocycles. The molecule has 1 N–H and O–H groups in total. The van der Waals surface area contributed by atoms with Crippen molar-refractivity contribution in [1.29, 1.82) is 0 Å². The highest BCUT2D eigenvalue weighted by Crippen LogP contribution is 2.11. The number of amides is 1. The van der Waals surface area contributed by atoms with Crippen LogP contribution in [0.3, 0.4) is 0 Å². The van der Waals surface area contributed by atoms with Crippen molar-refractivity contribution in [3.05, 3.63) is 35.9 Å². The summed E-state index contributed by atoms with van der Waals surface area (Å²) in [5.74, 6) is 1.60. The first-order valence-corrected chi connectivity index (χ1v) is 7.32. The second-order valence-electron chi connectivity index (χ2n) is 4.06. The van der Waals surface area contributed by atoms with Crippen LogP contribution in [-0.2, 0) is 10.5 Å². The summed E-state index contributed by atoms with van der Waals surface area (Å²) < 4.78 is 0. The summed E-state index contributed by atoms with van der Waals surface area (Å²) in [5.41, 5.74) is 1.27. The summed E-state index contributed by atoms with van der Waals surface area (Å²) in [6.07, 6.45) is 2.01. The predicted octanol–water partition coefficient (Wildman–Crippen LogP) is 3.22. The maximum absolute atomic E-state index is 11.6. The standard InChI is InChI=1S/C14H21NOS/c1-3-13(4-2)15-14(16)11-17-10-12-8-6-5-7-9-12/h5-9,13H,3-4,10-11H2,1-2H3,(H,15,16). The minimum absolute atomic E-state index is 0.152. The number of nitrogens with one attached hydrogen (secondary N) is 1. The van der Waals surface area contributed by atoms with Crippen molar-refractivity contribution in [3.63, 3.8) is 0 Å². The number of carbonyl (C=O) groups is 1. The van der Waals surface area contributed by atoms with Gasteiger partial charge in [-0.15, -0.1) is 11.8 Å². The molecule has 0 heterocycles. The Morgan fingerprint density at radius 2 is 1.88 bits per heavy atom. The Bertz CT molecular complexity index is 322. The van der Waals surface area contributed by atoms with Crippen molar-refractivity contribution in [3.8, 4) is 0 Å². The van der Waals surface area contributed by atoms with Gasteiger partial charge in [0, 0.05) is 11.8 Å². The highest BCUT2D eigenvalue weighted by Gasteiger charge is 2.07. The summed E-state index contributed by atoms with van der Waals surface area (Å²) in [5, 5.41) is 3.04. The molecule has 0 aliphatic carbocycles. The Kier molecular flexibility index (Phi) is 6.78. The Hall–Kier alpha value is -0.960. The second-order valence-corrected chi connectivity index (χ2v) is 5.04. The van der Waals surface area contributed by atoms with Crippen molar-refractivity contribution in [1.82, 2.24) is 5.32 Å². The molecular weight excluding hydrogens is 230 g/mol. The van der Waals surface area contributed by atoms with Crippen LogP contribution in [0.1, 0.15) is 32.3 Å². The Morgan fingerprint density at radius 1 is 1.24 bits per heavy atom. The minimum Gasteiger partial charge on any atom is -0.353 e. The summed E-state index contributed by atoms with van der Waals surface area (Å²) >= 11 is 1.67. The van der Waals surface area contributed by atoms with E-state index in [-0.39, 0.29) is 5.91 Å². The molecule has 1 aromatic rings. The summed E-state index contributed by atoms with van der Waals surface area (Å²) in [4.78, 5) is 11.6. The lowest BCUT2D eigenvalue weighted by atomic mass is 10.2. The molecular formula is C14H21NOS. The number of rotatable bonds is 7. The van der Waals surface area contributed by atoms with Crippen molar-refractivity contribution in [2.24, 2.45) is 0 Å². The molecule has 1 amide bonds. The van der Waals surface area contributed by atoms with Gasteiger partial charge in [-0.05, 0) is 18.4 Å². The summed E-state index contributed by atoms with van der Waals surface area (Å²) in [6, 6.07) is 10.6. The van der Waals surface area contributed by atoms with E-state index in [9.17, 15) is 4.79 Å². The van der Waals surface area contributed by atoms with E-state index >= 15 is 0 Å². The first kappa shape index (κ1) is 14.1. The fourth-order valence-corrected chi connectivity index (χ4v) is 2.40. The Labute approximate surface area is 108 Å². The van der Waals surface area contributed by atoms with Crippen LogP contribution in [0.5, 0.6) is 0 Å². The molecule has 0 fully saturated rings. The van der Waals surface area contributed by atoms with Gasteiger partial charge in [0.1, 0.15) is 0 Å². The number of thioether (sulfide) groups is 1. The van der Waals surface area contributed by atoms with Crippen molar-refractivity contribution < 1.29 is 4.79 Å². The maximum Gasteiger partial charge on any atom is 0.230 e. The zero-order valence-corrected chi connectivity index (χ0v) is 11.4. The smallest absolute Gasteiger partial charge is 0.230 e. The molecule has 0 bridgehead atoms. The molecule has 17 heavy (non-hydrogen) atoms. The van der Waals surface area contributed by atoms with E-state index in [0.717, 1.165) is 18.6 Å². The number of hydrogen-bond acceptors (Lipinski definition) is 2. The van der Waals surface area contributed by atoms with Gasteiger partial charge in [0.2, 0.25) is 5.91 Å². The van der Waals surface area contributed by atoms with Gasteiger partial charge in [-0.1, -0.05) is 44.2 Å². The topological polar surface area (TPSA) is 29.1 Å². The molecule has 0 atom stereocenters. The predicted molar refractivity (Wildman–Crippen MR) is 75.1 cm³/mol. The van der Waals surface area contributed by atoms with Crippen LogP contribution in [0.2, 0.25) is 0 Å². The van der Waals surface area contributed by atoms with E-state index in [0.29, 0.717) is 11.8 Å². The molecule has 3 heteroatoms. The van der Waals surface area contributed by atoms with Gasteiger partial charge < -0.3 is 5.32 Å². The molecule has 94 valence electrons. The van der Waals surface area contributed by atoms with Crippen LogP contribution >= 0.6 is 11.8 Å². The van der Waals surface area contributed by atoms with Crippen molar-refractivity contribution >= 4 is 17.7 Å². The fraction of sp³-hybridized carbons (Fsp3) is 0.500. The van der Waals surface area contributed by atoms with E-state index < -0.39 is 0 Å². The van der Waals surface area contributed by atoms with Crippen LogP contribution in [0.25, 0.3) is 0 Å². The molecule has 0 saturated heterocycles. The number of carbonyl (C=O) groups excluding carboxylic acids is 1. The van der Waals surface area contributed by atoms with Crippen LogP contribution in [0.4, 0.5) is 0 Å². The molecule has 0 aliphatic rings. The molecule has 0 aromatic heterocycles. The minimum atomic E-state index is 0.152. The van der Waals surface area contributed by atoms with Gasteiger partial charge in [0.05, 0.1) is 5.75 Å². The van der Waals surface area contributed by atoms with Crippen LogP contribution in [0.15, 0.2) is 30.3 Å². The van der Waals surface area contributed by atoms with Crippen LogP contribution in [-0.4, -0.2) is 17.7 Å². The molecule has 1 rings (SSSR count). The SMILES string of the molecule is CCC(CC)NC(=O)CSCc1ccccc1. The molecule has 0 radical (unpaired) electrons. The van der Waals surface area contributed by atoms with Crippen LogP contribution < -0.4 is 5.32 Å². The quantitative estimate of drug-likeness (QED) is 0.806. The van der Waals surface area contributed by atoms with E-state index in [2.05, 4.69) is 31.3 Å². The molecule has 0 unspecified atom stereocenters. The maximum atomic E-state index is 11.6. The van der Waals surface area contributed by atoms with Gasteiger partial charge in [0.25, 0.3) is 0 Å². The third-order valence-electron chi connectivity index (χ3n) is 2.70. The van der Waals surface area contributed by atoms with E-state index in [1.165, 1.54) is 5.56 Å². The lowest BCUT2D eigenvalue weighted by Gasteiger charge is -2.14. The first-order chi connectivity index (χ1) is 8.26. The zero-order valence-electron chi connectivity index (χ0n) is 10.6. The number of benzene rings is 1. The van der Waals surface area contributed by atoms with Gasteiger partial charge in [0.15, 0.2) is 0 Å². The normalized spacial score (nSPS) is 10.5. The lowest BCUT2D eigenvalue weighted by molar-refractivity contribution is -0.119. The summed E-state index contributed by atoms with van der Waals surface area (Å²) in [6.45, 7) is 4.21. The van der Waals surface area contributed by atoms with Crippen molar-refractivity contribution in [2.45, 2.75) is 38.5 Å². The molecule has 2 nitrogen and oxygen atoms in total. The number of hydrogen-bond donors (Lipinski definition) is 1. The van der Waals surface area contributed by atoms with E-state index in [4.69, 9.17) is 0 Å². The zero-order chi connectivity index (χ0) is 12.5. The average molecular weight is 251 g/mol. The third-order valence-corrected chi connectivity index (χ3v) is 3.70. The summed E-state index contributed by atoms with van der Waals surface area (Å²) in [7, 11) is 0. The largest absolute Gasteiger partial charge is 0.353 e. The third kappa shape index (κ3) is 5.78. The Balaban J connectivity index is 2.20. The van der Waals surface area contributed by atoms with E-state index in [1.807, 2.05) is 18.2 Å². The molecule has 0 spiro atoms. The van der Waals surface area contributed by atoms with Crippen molar-refractivity contribution in [2.75, 3.05) is 5.75 Å². The van der Waals surface area contributed by atoms with Gasteiger partial charge in [-0.2, -0.15) is 0 Å². The average Bonchev–Trinajstić information content (AvgIpc) is 2.37. The van der Waals surface area contributed by atoms with E-state index in [1.54, 1.807) is 11.8 Å². The van der Waals surface area contributed by atoms with Gasteiger partial charge >= 0.3 is 0 Å². The monoisotopic (exact) mass is 251 g/mol. The highest BCUT2D eigenvalue weighted by molar-refractivity contribution is 7.99.